The molecule has 0 aromatic heterocycles. The van der Waals surface area contributed by atoms with Gasteiger partial charge in [0, 0.05) is 22.3 Å². The van der Waals surface area contributed by atoms with E-state index in [0.29, 0.717) is 16.7 Å². The van der Waals surface area contributed by atoms with Gasteiger partial charge in [-0.15, -0.1) is 0 Å². The first-order valence-corrected chi connectivity index (χ1v) is 8.47. The molecule has 0 bridgehead atoms. The summed E-state index contributed by atoms with van der Waals surface area (Å²) in [5.74, 6) is -3.89. The van der Waals surface area contributed by atoms with Gasteiger partial charge in [0.05, 0.1) is 12.7 Å². The molecule has 0 amide bonds. The number of allylic oxidation sites excluding steroid dienone is 3. The lowest BCUT2D eigenvalue weighted by Gasteiger charge is -2.17. The van der Waals surface area contributed by atoms with Crippen LogP contribution in [0.1, 0.15) is 30.4 Å². The summed E-state index contributed by atoms with van der Waals surface area (Å²) >= 11 is 5.93. The topological polar surface area (TPSA) is 35.2 Å². The van der Waals surface area contributed by atoms with Crippen molar-refractivity contribution >= 4 is 22.9 Å². The van der Waals surface area contributed by atoms with E-state index in [0.717, 1.165) is 26.4 Å². The Kier molecular flexibility index (Phi) is 5.28. The predicted molar refractivity (Wildman–Crippen MR) is 97.7 cm³/mol. The third-order valence-electron chi connectivity index (χ3n) is 4.39. The molecule has 3 rings (SSSR count). The van der Waals surface area contributed by atoms with E-state index < -0.39 is 28.8 Å². The number of benzene rings is 2. The first-order valence-electron chi connectivity index (χ1n) is 8.09. The van der Waals surface area contributed by atoms with Crippen LogP contribution in [0.15, 0.2) is 42.0 Å². The predicted octanol–water partition coefficient (Wildman–Crippen LogP) is 5.89. The van der Waals surface area contributed by atoms with E-state index in [1.807, 2.05) is 6.08 Å². The van der Waals surface area contributed by atoms with Crippen molar-refractivity contribution < 1.29 is 17.9 Å². The summed E-state index contributed by atoms with van der Waals surface area (Å²) in [6.45, 7) is 0. The van der Waals surface area contributed by atoms with Crippen LogP contribution in [0.2, 0.25) is 5.02 Å². The maximum absolute atomic E-state index is 14.8. The number of methoxy groups -OCH3 is 1. The quantitative estimate of drug-likeness (QED) is 0.672. The van der Waals surface area contributed by atoms with Crippen molar-refractivity contribution in [3.05, 3.63) is 75.6 Å². The SMILES string of the molecule is COc1c(F)cc(F)c(/C(=C\C=C2CCC2)c2ccc(Cl)cc2N)c1F. The fraction of sp³-hybridized carbons (Fsp3) is 0.200. The summed E-state index contributed by atoms with van der Waals surface area (Å²) in [6, 6.07) is 5.26. The number of nitrogen functional groups attached to an aromatic ring is 1. The minimum absolute atomic E-state index is 0.201. The van der Waals surface area contributed by atoms with Crippen LogP contribution in [0, 0.1) is 17.5 Å². The van der Waals surface area contributed by atoms with E-state index >= 15 is 0 Å². The van der Waals surface area contributed by atoms with Crippen molar-refractivity contribution in [1.29, 1.82) is 0 Å². The number of rotatable bonds is 4. The second kappa shape index (κ2) is 7.46. The molecule has 1 saturated carbocycles. The Morgan fingerprint density at radius 3 is 2.46 bits per heavy atom. The van der Waals surface area contributed by atoms with Gasteiger partial charge in [0.1, 0.15) is 5.82 Å². The van der Waals surface area contributed by atoms with Gasteiger partial charge in [0.25, 0.3) is 0 Å². The molecule has 2 aromatic carbocycles. The third-order valence-corrected chi connectivity index (χ3v) is 4.62. The highest BCUT2D eigenvalue weighted by Gasteiger charge is 2.24. The minimum Gasteiger partial charge on any atom is -0.491 e. The Hall–Kier alpha value is -2.40. The summed E-state index contributed by atoms with van der Waals surface area (Å²) in [5, 5.41) is 0.403. The molecular formula is C20H17ClF3NO. The highest BCUT2D eigenvalue weighted by Crippen LogP contribution is 2.37. The fourth-order valence-electron chi connectivity index (χ4n) is 2.84. The molecule has 1 aliphatic rings. The summed E-state index contributed by atoms with van der Waals surface area (Å²) < 4.78 is 47.9. The zero-order valence-electron chi connectivity index (χ0n) is 14.1. The standard InChI is InChI=1S/C20H17ClF3NO/c1-26-20-16(23)10-15(22)18(19(20)24)14(7-5-11-3-2-4-11)13-8-6-12(21)9-17(13)25/h5-10H,2-4,25H2,1H3/b14-7-. The maximum Gasteiger partial charge on any atom is 0.191 e. The Morgan fingerprint density at radius 1 is 1.15 bits per heavy atom. The van der Waals surface area contributed by atoms with Crippen LogP contribution in [-0.4, -0.2) is 7.11 Å². The van der Waals surface area contributed by atoms with Gasteiger partial charge in [0.15, 0.2) is 17.4 Å². The van der Waals surface area contributed by atoms with Crippen molar-refractivity contribution in [1.82, 2.24) is 0 Å². The molecule has 0 spiro atoms. The molecule has 26 heavy (non-hydrogen) atoms. The van der Waals surface area contributed by atoms with Gasteiger partial charge < -0.3 is 10.5 Å². The first-order chi connectivity index (χ1) is 12.4. The number of halogens is 4. The van der Waals surface area contributed by atoms with Crippen molar-refractivity contribution in [3.8, 4) is 5.75 Å². The van der Waals surface area contributed by atoms with Crippen molar-refractivity contribution in [2.75, 3.05) is 12.8 Å². The summed E-state index contributed by atoms with van der Waals surface area (Å²) in [7, 11) is 1.12. The maximum atomic E-state index is 14.8. The second-order valence-corrected chi connectivity index (χ2v) is 6.49. The number of nitrogens with two attached hydrogens (primary N) is 1. The number of hydrogen-bond donors (Lipinski definition) is 1. The number of hydrogen-bond acceptors (Lipinski definition) is 2. The van der Waals surface area contributed by atoms with Gasteiger partial charge in [-0.3, -0.25) is 0 Å². The van der Waals surface area contributed by atoms with Gasteiger partial charge in [-0.1, -0.05) is 35.4 Å². The number of anilines is 1. The smallest absolute Gasteiger partial charge is 0.191 e. The average Bonchev–Trinajstić information content (AvgIpc) is 2.52. The Labute approximate surface area is 154 Å². The van der Waals surface area contributed by atoms with E-state index in [-0.39, 0.29) is 11.3 Å². The Morgan fingerprint density at radius 2 is 1.88 bits per heavy atom. The molecule has 136 valence electrons. The lowest BCUT2D eigenvalue weighted by atomic mass is 9.90. The Bertz CT molecular complexity index is 916. The molecule has 0 heterocycles. The van der Waals surface area contributed by atoms with Crippen LogP contribution < -0.4 is 10.5 Å². The molecule has 6 heteroatoms. The van der Waals surface area contributed by atoms with E-state index in [9.17, 15) is 13.2 Å². The van der Waals surface area contributed by atoms with Gasteiger partial charge in [-0.2, -0.15) is 0 Å². The van der Waals surface area contributed by atoms with Crippen LogP contribution in [0.5, 0.6) is 5.75 Å². The zero-order valence-corrected chi connectivity index (χ0v) is 14.8. The summed E-state index contributed by atoms with van der Waals surface area (Å²) in [6.07, 6.45) is 6.40. The monoisotopic (exact) mass is 379 g/mol. The first kappa shape index (κ1) is 18.4. The molecule has 0 radical (unpaired) electrons. The van der Waals surface area contributed by atoms with Gasteiger partial charge >= 0.3 is 0 Å². The van der Waals surface area contributed by atoms with Crippen LogP contribution in [0.4, 0.5) is 18.9 Å². The fourth-order valence-corrected chi connectivity index (χ4v) is 3.02. The van der Waals surface area contributed by atoms with Gasteiger partial charge in [-0.25, -0.2) is 13.2 Å². The molecule has 2 N–H and O–H groups in total. The number of ether oxygens (including phenoxy) is 1. The minimum atomic E-state index is -1.11. The van der Waals surface area contributed by atoms with Crippen LogP contribution >= 0.6 is 11.6 Å². The third kappa shape index (κ3) is 3.44. The van der Waals surface area contributed by atoms with E-state index in [1.54, 1.807) is 18.2 Å². The van der Waals surface area contributed by atoms with Crippen LogP contribution in [0.25, 0.3) is 5.57 Å². The molecule has 0 atom stereocenters. The van der Waals surface area contributed by atoms with Crippen molar-refractivity contribution in [2.45, 2.75) is 19.3 Å². The van der Waals surface area contributed by atoms with Crippen molar-refractivity contribution in [2.24, 2.45) is 0 Å². The van der Waals surface area contributed by atoms with Crippen LogP contribution in [0.3, 0.4) is 0 Å². The Balaban J connectivity index is 2.25. The molecular weight excluding hydrogens is 363 g/mol. The average molecular weight is 380 g/mol. The zero-order chi connectivity index (χ0) is 18.8. The highest BCUT2D eigenvalue weighted by molar-refractivity contribution is 6.31. The van der Waals surface area contributed by atoms with Crippen molar-refractivity contribution in [3.63, 3.8) is 0 Å². The molecule has 0 unspecified atom stereocenters. The molecule has 1 fully saturated rings. The normalized spacial score (nSPS) is 14.2. The van der Waals surface area contributed by atoms with Gasteiger partial charge in [-0.05, 0) is 37.0 Å². The van der Waals surface area contributed by atoms with Gasteiger partial charge in [0.2, 0.25) is 0 Å². The summed E-state index contributed by atoms with van der Waals surface area (Å²) in [4.78, 5) is 0. The highest BCUT2D eigenvalue weighted by atomic mass is 35.5. The molecule has 1 aliphatic carbocycles. The lowest BCUT2D eigenvalue weighted by Crippen LogP contribution is -2.04. The largest absolute Gasteiger partial charge is 0.491 e. The van der Waals surface area contributed by atoms with E-state index in [2.05, 4.69) is 0 Å². The van der Waals surface area contributed by atoms with E-state index in [4.69, 9.17) is 22.1 Å². The molecule has 0 aliphatic heterocycles. The molecule has 0 saturated heterocycles. The second-order valence-electron chi connectivity index (χ2n) is 6.05. The molecule has 2 nitrogen and oxygen atoms in total. The van der Waals surface area contributed by atoms with Crippen LogP contribution in [-0.2, 0) is 0 Å². The van der Waals surface area contributed by atoms with E-state index in [1.165, 1.54) is 11.6 Å². The summed E-state index contributed by atoms with van der Waals surface area (Å²) in [5.41, 5.74) is 7.66. The lowest BCUT2D eigenvalue weighted by molar-refractivity contribution is 0.355. The molecule has 2 aromatic rings.